The van der Waals surface area contributed by atoms with Crippen LogP contribution in [0.2, 0.25) is 0 Å². The van der Waals surface area contributed by atoms with Crippen LogP contribution < -0.4 is 0 Å². The summed E-state index contributed by atoms with van der Waals surface area (Å²) in [5, 5.41) is 0. The van der Waals surface area contributed by atoms with Crippen molar-refractivity contribution in [3.8, 4) is 0 Å². The molecule has 1 heterocycles. The van der Waals surface area contributed by atoms with Crippen LogP contribution in [-0.4, -0.2) is 48.4 Å². The Morgan fingerprint density at radius 2 is 1.85 bits per heavy atom. The molecule has 0 unspecified atom stereocenters. The molecule has 1 saturated heterocycles. The van der Waals surface area contributed by atoms with Gasteiger partial charge in [-0.15, -0.1) is 0 Å². The SMILES string of the molecule is O=C(c1ccc(F)cc1)N1CCCN(CC2CC2)CC1. The summed E-state index contributed by atoms with van der Waals surface area (Å²) in [4.78, 5) is 16.8. The Morgan fingerprint density at radius 3 is 2.55 bits per heavy atom. The van der Waals surface area contributed by atoms with E-state index >= 15 is 0 Å². The molecular formula is C16H21FN2O. The van der Waals surface area contributed by atoms with Crippen molar-refractivity contribution in [1.82, 2.24) is 9.80 Å². The molecule has 0 radical (unpaired) electrons. The van der Waals surface area contributed by atoms with E-state index in [1.807, 2.05) is 4.90 Å². The minimum atomic E-state index is -0.298. The van der Waals surface area contributed by atoms with E-state index in [9.17, 15) is 9.18 Å². The van der Waals surface area contributed by atoms with Crippen molar-refractivity contribution in [2.24, 2.45) is 5.92 Å². The van der Waals surface area contributed by atoms with Gasteiger partial charge in [0.25, 0.3) is 5.91 Å². The zero-order chi connectivity index (χ0) is 13.9. The Kier molecular flexibility index (Phi) is 4.01. The lowest BCUT2D eigenvalue weighted by atomic mass is 10.2. The van der Waals surface area contributed by atoms with Gasteiger partial charge in [-0.2, -0.15) is 0 Å². The van der Waals surface area contributed by atoms with Gasteiger partial charge in [0.05, 0.1) is 0 Å². The van der Waals surface area contributed by atoms with Crippen molar-refractivity contribution in [2.75, 3.05) is 32.7 Å². The van der Waals surface area contributed by atoms with Crippen LogP contribution in [0.15, 0.2) is 24.3 Å². The maximum atomic E-state index is 12.9. The Bertz CT molecular complexity index is 470. The zero-order valence-electron chi connectivity index (χ0n) is 11.7. The van der Waals surface area contributed by atoms with Gasteiger partial charge in [-0.25, -0.2) is 4.39 Å². The van der Waals surface area contributed by atoms with E-state index < -0.39 is 0 Å². The standard InChI is InChI=1S/C16H21FN2O/c17-15-6-4-14(5-7-15)16(20)19-9-1-8-18(10-11-19)12-13-2-3-13/h4-7,13H,1-3,8-12H2. The molecule has 2 fully saturated rings. The summed E-state index contributed by atoms with van der Waals surface area (Å²) in [7, 11) is 0. The predicted molar refractivity (Wildman–Crippen MR) is 76.1 cm³/mol. The molecule has 0 spiro atoms. The first kappa shape index (κ1) is 13.6. The Labute approximate surface area is 119 Å². The Balaban J connectivity index is 1.59. The third kappa shape index (κ3) is 3.37. The van der Waals surface area contributed by atoms with E-state index in [4.69, 9.17) is 0 Å². The molecule has 1 aliphatic carbocycles. The average Bonchev–Trinajstić information content (AvgIpc) is 3.27. The fourth-order valence-corrected chi connectivity index (χ4v) is 2.80. The molecule has 3 nitrogen and oxygen atoms in total. The summed E-state index contributed by atoms with van der Waals surface area (Å²) in [6.45, 7) is 4.83. The largest absolute Gasteiger partial charge is 0.337 e. The van der Waals surface area contributed by atoms with Crippen LogP contribution in [0.5, 0.6) is 0 Å². The number of rotatable bonds is 3. The number of benzene rings is 1. The van der Waals surface area contributed by atoms with Crippen LogP contribution in [0, 0.1) is 11.7 Å². The molecule has 1 aromatic rings. The lowest BCUT2D eigenvalue weighted by Crippen LogP contribution is -2.35. The average molecular weight is 276 g/mol. The number of hydrogen-bond donors (Lipinski definition) is 0. The molecule has 0 N–H and O–H groups in total. The van der Waals surface area contributed by atoms with E-state index in [1.54, 1.807) is 12.1 Å². The minimum Gasteiger partial charge on any atom is -0.337 e. The van der Waals surface area contributed by atoms with Crippen LogP contribution >= 0.6 is 0 Å². The van der Waals surface area contributed by atoms with E-state index in [0.29, 0.717) is 5.56 Å². The van der Waals surface area contributed by atoms with Gasteiger partial charge in [-0.1, -0.05) is 0 Å². The second-order valence-electron chi connectivity index (χ2n) is 5.90. The first-order valence-corrected chi connectivity index (χ1v) is 7.49. The molecule has 1 aromatic carbocycles. The second-order valence-corrected chi connectivity index (χ2v) is 5.90. The third-order valence-electron chi connectivity index (χ3n) is 4.18. The normalized spacial score (nSPS) is 20.8. The van der Waals surface area contributed by atoms with Crippen molar-refractivity contribution in [2.45, 2.75) is 19.3 Å². The molecule has 2 aliphatic rings. The van der Waals surface area contributed by atoms with Gasteiger partial charge < -0.3 is 9.80 Å². The lowest BCUT2D eigenvalue weighted by Gasteiger charge is -2.22. The predicted octanol–water partition coefficient (Wildman–Crippen LogP) is 2.38. The molecule has 4 heteroatoms. The smallest absolute Gasteiger partial charge is 0.253 e. The molecule has 0 atom stereocenters. The molecule has 20 heavy (non-hydrogen) atoms. The van der Waals surface area contributed by atoms with E-state index in [0.717, 1.165) is 38.5 Å². The fourth-order valence-electron chi connectivity index (χ4n) is 2.80. The number of halogens is 1. The second kappa shape index (κ2) is 5.92. The van der Waals surface area contributed by atoms with Gasteiger partial charge in [0, 0.05) is 31.7 Å². The molecule has 0 aromatic heterocycles. The molecule has 3 rings (SSSR count). The van der Waals surface area contributed by atoms with Gasteiger partial charge >= 0.3 is 0 Å². The third-order valence-corrected chi connectivity index (χ3v) is 4.18. The van der Waals surface area contributed by atoms with Gasteiger partial charge in [0.2, 0.25) is 0 Å². The van der Waals surface area contributed by atoms with Gasteiger partial charge in [-0.3, -0.25) is 4.79 Å². The molecule has 1 aliphatic heterocycles. The summed E-state index contributed by atoms with van der Waals surface area (Å²) in [5.74, 6) is 0.626. The van der Waals surface area contributed by atoms with Gasteiger partial charge in [-0.05, 0) is 56.0 Å². The van der Waals surface area contributed by atoms with E-state index in [-0.39, 0.29) is 11.7 Å². The number of amides is 1. The van der Waals surface area contributed by atoms with E-state index in [1.165, 1.54) is 31.5 Å². The molecule has 0 bridgehead atoms. The first-order chi connectivity index (χ1) is 9.72. The van der Waals surface area contributed by atoms with Crippen LogP contribution in [0.1, 0.15) is 29.6 Å². The topological polar surface area (TPSA) is 23.6 Å². The fraction of sp³-hybridized carbons (Fsp3) is 0.562. The summed E-state index contributed by atoms with van der Waals surface area (Å²) in [6.07, 6.45) is 3.77. The summed E-state index contributed by atoms with van der Waals surface area (Å²) in [6, 6.07) is 5.85. The molecule has 1 saturated carbocycles. The molecule has 108 valence electrons. The number of nitrogens with zero attached hydrogens (tertiary/aromatic N) is 2. The van der Waals surface area contributed by atoms with Crippen molar-refractivity contribution >= 4 is 5.91 Å². The summed E-state index contributed by atoms with van der Waals surface area (Å²) < 4.78 is 12.9. The zero-order valence-corrected chi connectivity index (χ0v) is 11.7. The molecule has 1 amide bonds. The van der Waals surface area contributed by atoms with Gasteiger partial charge in [0.15, 0.2) is 0 Å². The Hall–Kier alpha value is -1.42. The monoisotopic (exact) mass is 276 g/mol. The minimum absolute atomic E-state index is 0.0262. The van der Waals surface area contributed by atoms with Crippen molar-refractivity contribution in [1.29, 1.82) is 0 Å². The number of carbonyl (C=O) groups is 1. The number of carbonyl (C=O) groups excluding carboxylic acids is 1. The maximum Gasteiger partial charge on any atom is 0.253 e. The number of hydrogen-bond acceptors (Lipinski definition) is 2. The summed E-state index contributed by atoms with van der Waals surface area (Å²) in [5.41, 5.74) is 0.585. The van der Waals surface area contributed by atoms with Crippen LogP contribution in [0.3, 0.4) is 0 Å². The summed E-state index contributed by atoms with van der Waals surface area (Å²) >= 11 is 0. The van der Waals surface area contributed by atoms with Gasteiger partial charge in [0.1, 0.15) is 5.82 Å². The quantitative estimate of drug-likeness (QED) is 0.846. The highest BCUT2D eigenvalue weighted by atomic mass is 19.1. The maximum absolute atomic E-state index is 12.9. The van der Waals surface area contributed by atoms with Crippen molar-refractivity contribution < 1.29 is 9.18 Å². The van der Waals surface area contributed by atoms with Crippen LogP contribution in [-0.2, 0) is 0 Å². The van der Waals surface area contributed by atoms with Crippen molar-refractivity contribution in [3.05, 3.63) is 35.6 Å². The highest BCUT2D eigenvalue weighted by Gasteiger charge is 2.26. The first-order valence-electron chi connectivity index (χ1n) is 7.49. The highest BCUT2D eigenvalue weighted by molar-refractivity contribution is 5.94. The van der Waals surface area contributed by atoms with Crippen molar-refractivity contribution in [3.63, 3.8) is 0 Å². The molecular weight excluding hydrogens is 255 g/mol. The van der Waals surface area contributed by atoms with Crippen LogP contribution in [0.4, 0.5) is 4.39 Å². The Morgan fingerprint density at radius 1 is 1.10 bits per heavy atom. The van der Waals surface area contributed by atoms with E-state index in [2.05, 4.69) is 4.90 Å². The lowest BCUT2D eigenvalue weighted by molar-refractivity contribution is 0.0761. The highest BCUT2D eigenvalue weighted by Crippen LogP contribution is 2.29. The van der Waals surface area contributed by atoms with Crippen LogP contribution in [0.25, 0.3) is 0 Å².